The van der Waals surface area contributed by atoms with Crippen LogP contribution in [0.15, 0.2) is 53.4 Å². The molecule has 10 heteroatoms. The van der Waals surface area contributed by atoms with Gasteiger partial charge < -0.3 is 20.1 Å². The van der Waals surface area contributed by atoms with E-state index < -0.39 is 16.1 Å². The highest BCUT2D eigenvalue weighted by Gasteiger charge is 2.21. The lowest BCUT2D eigenvalue weighted by atomic mass is 9.96. The van der Waals surface area contributed by atoms with Crippen molar-refractivity contribution in [1.82, 2.24) is 15.4 Å². The fourth-order valence-corrected chi connectivity index (χ4v) is 4.52. The smallest absolute Gasteiger partial charge is 0.328 e. The van der Waals surface area contributed by atoms with Crippen LogP contribution in [0.2, 0.25) is 0 Å². The molecule has 0 heterocycles. The summed E-state index contributed by atoms with van der Waals surface area (Å²) in [5.74, 6) is 0.0651. The maximum absolute atomic E-state index is 12.5. The summed E-state index contributed by atoms with van der Waals surface area (Å²) in [6.07, 6.45) is 4.91. The molecule has 3 amide bonds. The van der Waals surface area contributed by atoms with Gasteiger partial charge in [-0.05, 0) is 42.7 Å². The van der Waals surface area contributed by atoms with Crippen LogP contribution in [0.3, 0.4) is 0 Å². The van der Waals surface area contributed by atoms with E-state index in [1.165, 1.54) is 19.2 Å². The molecule has 1 saturated carbocycles. The quantitative estimate of drug-likeness (QED) is 0.479. The van der Waals surface area contributed by atoms with Gasteiger partial charge in [0.2, 0.25) is 0 Å². The Balaban J connectivity index is 1.55. The van der Waals surface area contributed by atoms with Crippen LogP contribution in [0, 0.1) is 0 Å². The Bertz CT molecular complexity index is 1050. The zero-order valence-corrected chi connectivity index (χ0v) is 19.3. The van der Waals surface area contributed by atoms with Crippen LogP contribution in [0.4, 0.5) is 4.79 Å². The van der Waals surface area contributed by atoms with Crippen molar-refractivity contribution in [3.05, 3.63) is 59.7 Å². The normalized spacial score (nSPS) is 14.3. The summed E-state index contributed by atoms with van der Waals surface area (Å²) in [5.41, 5.74) is 1.06. The SMILES string of the molecule is COCOc1ccccc1C(=O)NCc1ccc(S(=O)(=O)NC(=O)NC2CCCCC2)cc1. The number of hydrogen-bond acceptors (Lipinski definition) is 6. The second-order valence-electron chi connectivity index (χ2n) is 7.79. The maximum Gasteiger partial charge on any atom is 0.328 e. The van der Waals surface area contributed by atoms with Crippen LogP contribution in [0.25, 0.3) is 0 Å². The highest BCUT2D eigenvalue weighted by molar-refractivity contribution is 7.90. The summed E-state index contributed by atoms with van der Waals surface area (Å²) in [6.45, 7) is 0.209. The van der Waals surface area contributed by atoms with Gasteiger partial charge in [-0.15, -0.1) is 0 Å². The Morgan fingerprint density at radius 3 is 2.39 bits per heavy atom. The van der Waals surface area contributed by atoms with Crippen molar-refractivity contribution in [3.8, 4) is 5.75 Å². The molecule has 0 unspecified atom stereocenters. The maximum atomic E-state index is 12.5. The average Bonchev–Trinajstić information content (AvgIpc) is 2.82. The van der Waals surface area contributed by atoms with E-state index in [9.17, 15) is 18.0 Å². The number of sulfonamides is 1. The van der Waals surface area contributed by atoms with Crippen LogP contribution >= 0.6 is 0 Å². The molecule has 0 radical (unpaired) electrons. The van der Waals surface area contributed by atoms with Gasteiger partial charge in [-0.25, -0.2) is 17.9 Å². The third-order valence-corrected chi connectivity index (χ3v) is 6.67. The molecule has 178 valence electrons. The van der Waals surface area contributed by atoms with E-state index in [1.54, 1.807) is 36.4 Å². The average molecular weight is 476 g/mol. The molecule has 0 bridgehead atoms. The first-order chi connectivity index (χ1) is 15.9. The summed E-state index contributed by atoms with van der Waals surface area (Å²) in [7, 11) is -2.50. The third-order valence-electron chi connectivity index (χ3n) is 5.32. The topological polar surface area (TPSA) is 123 Å². The van der Waals surface area contributed by atoms with Gasteiger partial charge in [0.05, 0.1) is 10.5 Å². The molecule has 1 fully saturated rings. The van der Waals surface area contributed by atoms with Crippen LogP contribution < -0.4 is 20.1 Å². The zero-order valence-electron chi connectivity index (χ0n) is 18.5. The van der Waals surface area contributed by atoms with E-state index in [4.69, 9.17) is 9.47 Å². The number of amides is 3. The molecule has 9 nitrogen and oxygen atoms in total. The first kappa shape index (κ1) is 24.5. The molecule has 1 aliphatic carbocycles. The highest BCUT2D eigenvalue weighted by Crippen LogP contribution is 2.19. The second-order valence-corrected chi connectivity index (χ2v) is 9.47. The van der Waals surface area contributed by atoms with Gasteiger partial charge in [0.1, 0.15) is 5.75 Å². The molecule has 0 aliphatic heterocycles. The van der Waals surface area contributed by atoms with Crippen molar-refractivity contribution in [1.29, 1.82) is 0 Å². The number of rotatable bonds is 9. The number of urea groups is 1. The standard InChI is InChI=1S/C23H29N3O6S/c1-31-16-32-21-10-6-5-9-20(21)22(27)24-15-17-11-13-19(14-12-17)33(29,30)26-23(28)25-18-7-3-2-4-8-18/h5-6,9-14,18H,2-4,7-8,15-16H2,1H3,(H,24,27)(H2,25,26,28). The van der Waals surface area contributed by atoms with Gasteiger partial charge in [0.25, 0.3) is 15.9 Å². The van der Waals surface area contributed by atoms with E-state index in [2.05, 4.69) is 15.4 Å². The van der Waals surface area contributed by atoms with Gasteiger partial charge >= 0.3 is 6.03 Å². The number of methoxy groups -OCH3 is 1. The van der Waals surface area contributed by atoms with Gasteiger partial charge in [-0.2, -0.15) is 0 Å². The molecule has 1 aliphatic rings. The minimum atomic E-state index is -3.99. The fourth-order valence-electron chi connectivity index (χ4n) is 3.61. The van der Waals surface area contributed by atoms with E-state index >= 15 is 0 Å². The molecule has 33 heavy (non-hydrogen) atoms. The van der Waals surface area contributed by atoms with Gasteiger partial charge in [0, 0.05) is 19.7 Å². The molecule has 0 saturated heterocycles. The van der Waals surface area contributed by atoms with Crippen molar-refractivity contribution in [2.75, 3.05) is 13.9 Å². The third kappa shape index (κ3) is 7.19. The summed E-state index contributed by atoms with van der Waals surface area (Å²) < 4.78 is 37.4. The van der Waals surface area contributed by atoms with E-state index in [0.717, 1.165) is 32.1 Å². The van der Waals surface area contributed by atoms with Crippen molar-refractivity contribution < 1.29 is 27.5 Å². The molecule has 3 N–H and O–H groups in total. The number of carbonyl (C=O) groups is 2. The Kier molecular flexibility index (Phi) is 8.67. The number of para-hydroxylation sites is 1. The summed E-state index contributed by atoms with van der Waals surface area (Å²) in [5, 5.41) is 5.51. The van der Waals surface area contributed by atoms with E-state index in [1.807, 2.05) is 0 Å². The molecule has 2 aromatic carbocycles. The first-order valence-electron chi connectivity index (χ1n) is 10.8. The molecule has 2 aromatic rings. The molecule has 3 rings (SSSR count). The Labute approximate surface area is 193 Å². The Morgan fingerprint density at radius 1 is 1.00 bits per heavy atom. The molecule has 0 aromatic heterocycles. The summed E-state index contributed by atoms with van der Waals surface area (Å²) in [6, 6.07) is 12.0. The Morgan fingerprint density at radius 2 is 1.70 bits per heavy atom. The predicted molar refractivity (Wildman–Crippen MR) is 122 cm³/mol. The predicted octanol–water partition coefficient (Wildman–Crippen LogP) is 2.92. The minimum Gasteiger partial charge on any atom is -0.467 e. The zero-order chi connectivity index (χ0) is 23.7. The van der Waals surface area contributed by atoms with Crippen molar-refractivity contribution >= 4 is 22.0 Å². The lowest BCUT2D eigenvalue weighted by Crippen LogP contribution is -2.45. The van der Waals surface area contributed by atoms with Crippen molar-refractivity contribution in [3.63, 3.8) is 0 Å². The number of benzene rings is 2. The molecule has 0 atom stereocenters. The lowest BCUT2D eigenvalue weighted by molar-refractivity contribution is 0.0501. The second kappa shape index (κ2) is 11.7. The minimum absolute atomic E-state index is 0.00460. The largest absolute Gasteiger partial charge is 0.467 e. The van der Waals surface area contributed by atoms with Gasteiger partial charge in [0.15, 0.2) is 6.79 Å². The number of ether oxygens (including phenoxy) is 2. The molecular formula is C23H29N3O6S. The fraction of sp³-hybridized carbons (Fsp3) is 0.391. The number of nitrogens with one attached hydrogen (secondary N) is 3. The monoisotopic (exact) mass is 475 g/mol. The number of carbonyl (C=O) groups excluding carboxylic acids is 2. The van der Waals surface area contributed by atoms with E-state index in [-0.39, 0.29) is 30.2 Å². The summed E-state index contributed by atoms with van der Waals surface area (Å²) >= 11 is 0. The van der Waals surface area contributed by atoms with Crippen LogP contribution in [0.5, 0.6) is 5.75 Å². The van der Waals surface area contributed by atoms with Crippen molar-refractivity contribution in [2.24, 2.45) is 0 Å². The number of hydrogen-bond donors (Lipinski definition) is 3. The molecular weight excluding hydrogens is 446 g/mol. The van der Waals surface area contributed by atoms with Crippen molar-refractivity contribution in [2.45, 2.75) is 49.6 Å². The Hall–Kier alpha value is -3.11. The van der Waals surface area contributed by atoms with Crippen LogP contribution in [-0.4, -0.2) is 40.3 Å². The molecule has 0 spiro atoms. The van der Waals surface area contributed by atoms with Gasteiger partial charge in [-0.3, -0.25) is 4.79 Å². The van der Waals surface area contributed by atoms with Crippen LogP contribution in [-0.2, 0) is 21.3 Å². The van der Waals surface area contributed by atoms with Crippen LogP contribution in [0.1, 0.15) is 48.0 Å². The van der Waals surface area contributed by atoms with Gasteiger partial charge in [-0.1, -0.05) is 43.5 Å². The van der Waals surface area contributed by atoms with E-state index in [0.29, 0.717) is 16.9 Å². The summed E-state index contributed by atoms with van der Waals surface area (Å²) in [4.78, 5) is 24.6. The highest BCUT2D eigenvalue weighted by atomic mass is 32.2. The lowest BCUT2D eigenvalue weighted by Gasteiger charge is -2.22. The first-order valence-corrected chi connectivity index (χ1v) is 12.3.